The van der Waals surface area contributed by atoms with E-state index in [2.05, 4.69) is 25.6 Å². The van der Waals surface area contributed by atoms with Gasteiger partial charge in [0.25, 0.3) is 0 Å². The molecule has 100 valence electrons. The van der Waals surface area contributed by atoms with Gasteiger partial charge in [0.15, 0.2) is 5.82 Å². The number of ether oxygens (including phenoxy) is 1. The Bertz CT molecular complexity index is 380. The van der Waals surface area contributed by atoms with Gasteiger partial charge in [-0.15, -0.1) is 0 Å². The standard InChI is InChI=1S/C11H20N6O/c1-2-18-8-10-14-9(16-12)7-11(15-10)17-5-3-13-4-6-17/h7,13H,2-6,8,12H2,1H3,(H,14,15,16). The van der Waals surface area contributed by atoms with Crippen LogP contribution in [0.1, 0.15) is 12.7 Å². The van der Waals surface area contributed by atoms with Crippen LogP contribution in [-0.4, -0.2) is 42.8 Å². The highest BCUT2D eigenvalue weighted by molar-refractivity contribution is 5.49. The van der Waals surface area contributed by atoms with Crippen molar-refractivity contribution in [3.8, 4) is 0 Å². The SMILES string of the molecule is CCOCc1nc(NN)cc(N2CCNCC2)n1. The zero-order valence-corrected chi connectivity index (χ0v) is 10.6. The Kier molecular flexibility index (Phi) is 4.68. The van der Waals surface area contributed by atoms with E-state index in [0.29, 0.717) is 24.9 Å². The molecule has 0 saturated carbocycles. The second-order valence-electron chi connectivity index (χ2n) is 4.05. The largest absolute Gasteiger partial charge is 0.374 e. The van der Waals surface area contributed by atoms with Crippen LogP contribution in [0.5, 0.6) is 0 Å². The molecule has 0 spiro atoms. The van der Waals surface area contributed by atoms with E-state index in [1.165, 1.54) is 0 Å². The average molecular weight is 252 g/mol. The van der Waals surface area contributed by atoms with Crippen LogP contribution in [0.2, 0.25) is 0 Å². The third-order valence-corrected chi connectivity index (χ3v) is 2.78. The number of hydrazine groups is 1. The fourth-order valence-corrected chi connectivity index (χ4v) is 1.87. The summed E-state index contributed by atoms with van der Waals surface area (Å²) in [4.78, 5) is 11.0. The first-order valence-electron chi connectivity index (χ1n) is 6.21. The van der Waals surface area contributed by atoms with Crippen LogP contribution < -0.4 is 21.5 Å². The van der Waals surface area contributed by atoms with Crippen LogP contribution in [0.4, 0.5) is 11.6 Å². The molecule has 0 bridgehead atoms. The van der Waals surface area contributed by atoms with E-state index in [4.69, 9.17) is 10.6 Å². The molecule has 1 aliphatic rings. The number of anilines is 2. The molecular formula is C11H20N6O. The quantitative estimate of drug-likeness (QED) is 0.490. The van der Waals surface area contributed by atoms with Crippen LogP contribution in [-0.2, 0) is 11.3 Å². The molecular weight excluding hydrogens is 232 g/mol. The van der Waals surface area contributed by atoms with E-state index in [1.54, 1.807) is 0 Å². The fraction of sp³-hybridized carbons (Fsp3) is 0.636. The van der Waals surface area contributed by atoms with E-state index >= 15 is 0 Å². The minimum Gasteiger partial charge on any atom is -0.374 e. The number of nitrogen functional groups attached to an aromatic ring is 1. The minimum absolute atomic E-state index is 0.408. The van der Waals surface area contributed by atoms with Gasteiger partial charge >= 0.3 is 0 Å². The Morgan fingerprint density at radius 1 is 1.44 bits per heavy atom. The molecule has 0 aliphatic carbocycles. The molecule has 0 radical (unpaired) electrons. The first-order chi connectivity index (χ1) is 8.83. The normalized spacial score (nSPS) is 15.8. The Balaban J connectivity index is 2.16. The molecule has 1 aromatic rings. The molecule has 1 aliphatic heterocycles. The maximum Gasteiger partial charge on any atom is 0.158 e. The van der Waals surface area contributed by atoms with E-state index < -0.39 is 0 Å². The van der Waals surface area contributed by atoms with Gasteiger partial charge in [-0.05, 0) is 6.92 Å². The highest BCUT2D eigenvalue weighted by atomic mass is 16.5. The molecule has 4 N–H and O–H groups in total. The zero-order valence-electron chi connectivity index (χ0n) is 10.6. The molecule has 1 aromatic heterocycles. The van der Waals surface area contributed by atoms with Gasteiger partial charge in [-0.25, -0.2) is 15.8 Å². The van der Waals surface area contributed by atoms with Crippen molar-refractivity contribution in [2.75, 3.05) is 43.1 Å². The summed E-state index contributed by atoms with van der Waals surface area (Å²) in [7, 11) is 0. The number of nitrogens with two attached hydrogens (primary N) is 1. The summed E-state index contributed by atoms with van der Waals surface area (Å²) in [5.74, 6) is 7.60. The molecule has 1 fully saturated rings. The van der Waals surface area contributed by atoms with E-state index in [9.17, 15) is 0 Å². The van der Waals surface area contributed by atoms with Crippen molar-refractivity contribution in [2.24, 2.45) is 5.84 Å². The first kappa shape index (κ1) is 13.0. The summed E-state index contributed by atoms with van der Waals surface area (Å²) >= 11 is 0. The topological polar surface area (TPSA) is 88.3 Å². The Hall–Kier alpha value is -1.44. The summed E-state index contributed by atoms with van der Waals surface area (Å²) in [6, 6.07) is 1.86. The van der Waals surface area contributed by atoms with Crippen molar-refractivity contribution < 1.29 is 4.74 Å². The fourth-order valence-electron chi connectivity index (χ4n) is 1.87. The van der Waals surface area contributed by atoms with Gasteiger partial charge in [0.05, 0.1) is 0 Å². The number of nitrogens with zero attached hydrogens (tertiary/aromatic N) is 3. The summed E-state index contributed by atoms with van der Waals surface area (Å²) in [5, 5.41) is 3.31. The molecule has 18 heavy (non-hydrogen) atoms. The summed E-state index contributed by atoms with van der Waals surface area (Å²) in [5.41, 5.74) is 2.57. The van der Waals surface area contributed by atoms with Crippen molar-refractivity contribution in [2.45, 2.75) is 13.5 Å². The lowest BCUT2D eigenvalue weighted by atomic mass is 10.3. The van der Waals surface area contributed by atoms with Gasteiger partial charge in [-0.1, -0.05) is 0 Å². The number of piperazine rings is 1. The molecule has 2 rings (SSSR count). The molecule has 0 atom stereocenters. The molecule has 7 heteroatoms. The van der Waals surface area contributed by atoms with Crippen molar-refractivity contribution in [1.29, 1.82) is 0 Å². The van der Waals surface area contributed by atoms with Gasteiger partial charge in [-0.2, -0.15) is 0 Å². The first-order valence-corrected chi connectivity index (χ1v) is 6.21. The van der Waals surface area contributed by atoms with E-state index in [-0.39, 0.29) is 0 Å². The van der Waals surface area contributed by atoms with Crippen molar-refractivity contribution in [1.82, 2.24) is 15.3 Å². The predicted molar refractivity (Wildman–Crippen MR) is 70.3 cm³/mol. The monoisotopic (exact) mass is 252 g/mol. The Morgan fingerprint density at radius 2 is 2.22 bits per heavy atom. The number of hydrogen-bond donors (Lipinski definition) is 3. The van der Waals surface area contributed by atoms with Crippen LogP contribution in [0.25, 0.3) is 0 Å². The number of aromatic nitrogens is 2. The lowest BCUT2D eigenvalue weighted by molar-refractivity contribution is 0.128. The maximum absolute atomic E-state index is 5.43. The van der Waals surface area contributed by atoms with Gasteiger partial charge in [0, 0.05) is 38.9 Å². The van der Waals surface area contributed by atoms with Gasteiger partial charge in [0.2, 0.25) is 0 Å². The van der Waals surface area contributed by atoms with Gasteiger partial charge in [0.1, 0.15) is 18.2 Å². The molecule has 2 heterocycles. The molecule has 0 aromatic carbocycles. The number of nitrogens with one attached hydrogen (secondary N) is 2. The van der Waals surface area contributed by atoms with Crippen LogP contribution in [0, 0.1) is 0 Å². The van der Waals surface area contributed by atoms with E-state index in [0.717, 1.165) is 32.0 Å². The summed E-state index contributed by atoms with van der Waals surface area (Å²) < 4.78 is 5.34. The molecule has 7 nitrogen and oxygen atoms in total. The minimum atomic E-state index is 0.408. The van der Waals surface area contributed by atoms with E-state index in [1.807, 2.05) is 13.0 Å². The van der Waals surface area contributed by atoms with Gasteiger partial charge in [-0.3, -0.25) is 0 Å². The van der Waals surface area contributed by atoms with Crippen LogP contribution in [0.15, 0.2) is 6.07 Å². The lowest BCUT2D eigenvalue weighted by Gasteiger charge is -2.28. The zero-order chi connectivity index (χ0) is 12.8. The highest BCUT2D eigenvalue weighted by Crippen LogP contribution is 2.16. The average Bonchev–Trinajstić information content (AvgIpc) is 2.45. The third-order valence-electron chi connectivity index (χ3n) is 2.78. The van der Waals surface area contributed by atoms with Crippen LogP contribution in [0.3, 0.4) is 0 Å². The highest BCUT2D eigenvalue weighted by Gasteiger charge is 2.14. The molecule has 1 saturated heterocycles. The smallest absolute Gasteiger partial charge is 0.158 e. The maximum atomic E-state index is 5.43. The van der Waals surface area contributed by atoms with Crippen molar-refractivity contribution in [3.05, 3.63) is 11.9 Å². The summed E-state index contributed by atoms with van der Waals surface area (Å²) in [6.07, 6.45) is 0. The molecule has 0 unspecified atom stereocenters. The van der Waals surface area contributed by atoms with Crippen molar-refractivity contribution in [3.63, 3.8) is 0 Å². The Labute approximate surface area is 107 Å². The summed E-state index contributed by atoms with van der Waals surface area (Å²) in [6.45, 7) is 6.82. The second-order valence-corrected chi connectivity index (χ2v) is 4.05. The Morgan fingerprint density at radius 3 is 2.89 bits per heavy atom. The molecule has 0 amide bonds. The van der Waals surface area contributed by atoms with Crippen LogP contribution >= 0.6 is 0 Å². The third kappa shape index (κ3) is 3.28. The van der Waals surface area contributed by atoms with Crippen molar-refractivity contribution >= 4 is 11.6 Å². The predicted octanol–water partition coefficient (Wildman–Crippen LogP) is -0.292. The second kappa shape index (κ2) is 6.48. The number of rotatable bonds is 5. The lowest BCUT2D eigenvalue weighted by Crippen LogP contribution is -2.44. The number of hydrogen-bond acceptors (Lipinski definition) is 7. The van der Waals surface area contributed by atoms with Gasteiger partial charge < -0.3 is 20.4 Å².